The Morgan fingerprint density at radius 2 is 1.80 bits per heavy atom. The Morgan fingerprint density at radius 3 is 2.55 bits per heavy atom. The fourth-order valence-electron chi connectivity index (χ4n) is 3.23. The molecule has 1 nitrogen and oxygen atoms in total. The average molecular weight is 283 g/mol. The zero-order chi connectivity index (χ0) is 13.7. The summed E-state index contributed by atoms with van der Waals surface area (Å²) in [4.78, 5) is 0. The van der Waals surface area contributed by atoms with Crippen molar-refractivity contribution < 1.29 is 4.42 Å². The summed E-state index contributed by atoms with van der Waals surface area (Å²) in [5, 5.41) is 2.44. The molecule has 3 aromatic rings. The number of halogens is 1. The normalized spacial score (nSPS) is 14.9. The highest BCUT2D eigenvalue weighted by molar-refractivity contribution is 6.23. The van der Waals surface area contributed by atoms with Gasteiger partial charge in [0.25, 0.3) is 0 Å². The number of aryl methyl sites for hydroxylation is 3. The van der Waals surface area contributed by atoms with Crippen molar-refractivity contribution >= 4 is 22.4 Å². The van der Waals surface area contributed by atoms with Gasteiger partial charge in [-0.25, -0.2) is 0 Å². The largest absolute Gasteiger partial charge is 0.464 e. The molecule has 1 aliphatic rings. The van der Waals surface area contributed by atoms with E-state index in [-0.39, 0.29) is 5.38 Å². The summed E-state index contributed by atoms with van der Waals surface area (Å²) in [5.41, 5.74) is 4.03. The second-order valence-electron chi connectivity index (χ2n) is 5.46. The molecule has 0 N–H and O–H groups in total. The maximum Gasteiger partial charge on any atom is 0.126 e. The Morgan fingerprint density at radius 1 is 1.00 bits per heavy atom. The third-order valence-electron chi connectivity index (χ3n) is 4.19. The fraction of sp³-hybridized carbons (Fsp3) is 0.222. The van der Waals surface area contributed by atoms with Crippen LogP contribution in [0.3, 0.4) is 0 Å². The maximum absolute atomic E-state index is 6.66. The molecule has 0 fully saturated rings. The molecule has 20 heavy (non-hydrogen) atoms. The Balaban J connectivity index is 1.93. The fourth-order valence-corrected chi connectivity index (χ4v) is 3.54. The van der Waals surface area contributed by atoms with Gasteiger partial charge in [-0.3, -0.25) is 0 Å². The lowest BCUT2D eigenvalue weighted by Gasteiger charge is -2.12. The second-order valence-corrected chi connectivity index (χ2v) is 5.90. The van der Waals surface area contributed by atoms with Gasteiger partial charge in [0, 0.05) is 0 Å². The van der Waals surface area contributed by atoms with Crippen LogP contribution in [0.2, 0.25) is 0 Å². The van der Waals surface area contributed by atoms with Gasteiger partial charge in [0.1, 0.15) is 16.9 Å². The Labute approximate surface area is 123 Å². The first kappa shape index (κ1) is 12.0. The van der Waals surface area contributed by atoms with Crippen LogP contribution in [0.4, 0.5) is 0 Å². The van der Waals surface area contributed by atoms with Crippen LogP contribution < -0.4 is 0 Å². The van der Waals surface area contributed by atoms with Gasteiger partial charge >= 0.3 is 0 Å². The lowest BCUT2D eigenvalue weighted by atomic mass is 9.97. The summed E-state index contributed by atoms with van der Waals surface area (Å²) in [6.45, 7) is 1.95. The van der Waals surface area contributed by atoms with E-state index in [1.807, 2.05) is 19.1 Å². The first-order valence-corrected chi connectivity index (χ1v) is 7.41. The quantitative estimate of drug-likeness (QED) is 0.591. The molecule has 0 spiro atoms. The first-order valence-electron chi connectivity index (χ1n) is 6.98. The highest BCUT2D eigenvalue weighted by atomic mass is 35.5. The standard InChI is InChI=1S/C18H15ClO/c1-11-5-10-16(20-11)18(19)15-9-8-13-7-6-12-3-2-4-14(15)17(12)13/h2-5,8-10,18H,6-7H2,1H3. The summed E-state index contributed by atoms with van der Waals surface area (Å²) in [5.74, 6) is 1.72. The molecular formula is C18H15ClO. The number of alkyl halides is 1. The van der Waals surface area contributed by atoms with Crippen molar-refractivity contribution in [2.24, 2.45) is 0 Å². The third kappa shape index (κ3) is 1.70. The Bertz CT molecular complexity index is 790. The molecule has 1 aromatic heterocycles. The van der Waals surface area contributed by atoms with Crippen molar-refractivity contribution in [3.63, 3.8) is 0 Å². The maximum atomic E-state index is 6.66. The molecular weight excluding hydrogens is 268 g/mol. The summed E-state index contributed by atoms with van der Waals surface area (Å²) < 4.78 is 5.69. The van der Waals surface area contributed by atoms with Crippen molar-refractivity contribution in [1.82, 2.24) is 0 Å². The van der Waals surface area contributed by atoms with Crippen LogP contribution in [-0.4, -0.2) is 0 Å². The van der Waals surface area contributed by atoms with Crippen LogP contribution in [0.1, 0.15) is 33.6 Å². The summed E-state index contributed by atoms with van der Waals surface area (Å²) >= 11 is 6.66. The monoisotopic (exact) mass is 282 g/mol. The zero-order valence-corrected chi connectivity index (χ0v) is 12.1. The van der Waals surface area contributed by atoms with Gasteiger partial charge in [0.2, 0.25) is 0 Å². The number of benzene rings is 2. The Kier molecular flexibility index (Phi) is 2.64. The number of hydrogen-bond donors (Lipinski definition) is 0. The highest BCUT2D eigenvalue weighted by Gasteiger charge is 2.21. The minimum absolute atomic E-state index is 0.228. The SMILES string of the molecule is Cc1ccc(C(Cl)c2ccc3c4c(cccc24)CC3)o1. The van der Waals surface area contributed by atoms with Gasteiger partial charge < -0.3 is 4.42 Å². The Hall–Kier alpha value is -1.73. The molecule has 1 aliphatic carbocycles. The number of hydrogen-bond acceptors (Lipinski definition) is 1. The van der Waals surface area contributed by atoms with Crippen LogP contribution in [0, 0.1) is 6.92 Å². The van der Waals surface area contributed by atoms with E-state index in [2.05, 4.69) is 30.3 Å². The van der Waals surface area contributed by atoms with Gasteiger partial charge in [-0.15, -0.1) is 11.6 Å². The molecule has 1 heterocycles. The first-order chi connectivity index (χ1) is 9.74. The molecule has 4 rings (SSSR count). The van der Waals surface area contributed by atoms with E-state index in [1.165, 1.54) is 21.9 Å². The van der Waals surface area contributed by atoms with Crippen molar-refractivity contribution in [2.75, 3.05) is 0 Å². The van der Waals surface area contributed by atoms with Crippen LogP contribution in [0.5, 0.6) is 0 Å². The minimum Gasteiger partial charge on any atom is -0.464 e. The molecule has 0 radical (unpaired) electrons. The van der Waals surface area contributed by atoms with Crippen LogP contribution in [0.25, 0.3) is 10.8 Å². The van der Waals surface area contributed by atoms with Crippen LogP contribution in [-0.2, 0) is 12.8 Å². The second kappa shape index (κ2) is 4.39. The van der Waals surface area contributed by atoms with Gasteiger partial charge in [-0.1, -0.05) is 30.3 Å². The molecule has 1 unspecified atom stereocenters. The van der Waals surface area contributed by atoms with Crippen molar-refractivity contribution in [3.8, 4) is 0 Å². The van der Waals surface area contributed by atoms with E-state index in [0.29, 0.717) is 0 Å². The molecule has 100 valence electrons. The summed E-state index contributed by atoms with van der Waals surface area (Å²) in [7, 11) is 0. The molecule has 0 saturated heterocycles. The lowest BCUT2D eigenvalue weighted by Crippen LogP contribution is -1.94. The molecule has 0 bridgehead atoms. The molecule has 2 aromatic carbocycles. The van der Waals surface area contributed by atoms with E-state index in [1.54, 1.807) is 0 Å². The van der Waals surface area contributed by atoms with E-state index in [4.69, 9.17) is 16.0 Å². The van der Waals surface area contributed by atoms with Crippen molar-refractivity contribution in [3.05, 3.63) is 70.7 Å². The molecule has 0 amide bonds. The molecule has 0 aliphatic heterocycles. The van der Waals surface area contributed by atoms with E-state index < -0.39 is 0 Å². The highest BCUT2D eigenvalue weighted by Crippen LogP contribution is 2.39. The van der Waals surface area contributed by atoms with Gasteiger partial charge in [0.05, 0.1) is 0 Å². The topological polar surface area (TPSA) is 13.1 Å². The van der Waals surface area contributed by atoms with Gasteiger partial charge in [0.15, 0.2) is 0 Å². The molecule has 2 heteroatoms. The molecule has 1 atom stereocenters. The predicted octanol–water partition coefficient (Wildman–Crippen LogP) is 5.17. The van der Waals surface area contributed by atoms with E-state index >= 15 is 0 Å². The third-order valence-corrected chi connectivity index (χ3v) is 4.64. The average Bonchev–Trinajstić information content (AvgIpc) is 3.07. The lowest BCUT2D eigenvalue weighted by molar-refractivity contribution is 0.489. The van der Waals surface area contributed by atoms with Crippen LogP contribution >= 0.6 is 11.6 Å². The molecule has 0 saturated carbocycles. The number of rotatable bonds is 2. The zero-order valence-electron chi connectivity index (χ0n) is 11.3. The van der Waals surface area contributed by atoms with Gasteiger partial charge in [-0.05, 0) is 59.4 Å². The summed E-state index contributed by atoms with van der Waals surface area (Å²) in [6.07, 6.45) is 2.28. The van der Waals surface area contributed by atoms with E-state index in [9.17, 15) is 0 Å². The van der Waals surface area contributed by atoms with Gasteiger partial charge in [-0.2, -0.15) is 0 Å². The summed E-state index contributed by atoms with van der Waals surface area (Å²) in [6, 6.07) is 14.8. The van der Waals surface area contributed by atoms with E-state index in [0.717, 1.165) is 29.9 Å². The predicted molar refractivity (Wildman–Crippen MR) is 82.5 cm³/mol. The number of furan rings is 1. The van der Waals surface area contributed by atoms with Crippen molar-refractivity contribution in [1.29, 1.82) is 0 Å². The smallest absolute Gasteiger partial charge is 0.126 e. The minimum atomic E-state index is -0.228. The van der Waals surface area contributed by atoms with Crippen molar-refractivity contribution in [2.45, 2.75) is 25.1 Å². The van der Waals surface area contributed by atoms with Crippen LogP contribution in [0.15, 0.2) is 46.9 Å².